The third-order valence-electron chi connectivity index (χ3n) is 5.04. The lowest BCUT2D eigenvalue weighted by Crippen LogP contribution is -2.33. The largest absolute Gasteiger partial charge is 0.274 e. The first-order chi connectivity index (χ1) is 9.61. The van der Waals surface area contributed by atoms with Crippen LogP contribution in [0.4, 0.5) is 5.13 Å². The molecule has 3 aliphatic rings. The second-order valence-corrected chi connectivity index (χ2v) is 7.00. The highest BCUT2D eigenvalue weighted by atomic mass is 32.1. The molecule has 0 aromatic carbocycles. The maximum absolute atomic E-state index is 12.7. The monoisotopic (exact) mass is 288 g/mol. The highest BCUT2D eigenvalue weighted by molar-refractivity contribution is 7.14. The predicted octanol–water partition coefficient (Wildman–Crippen LogP) is 2.62. The molecule has 2 saturated carbocycles. The summed E-state index contributed by atoms with van der Waals surface area (Å²) in [6.45, 7) is 4.21. The van der Waals surface area contributed by atoms with Gasteiger partial charge in [0.2, 0.25) is 11.8 Å². The van der Waals surface area contributed by atoms with Gasteiger partial charge in [0, 0.05) is 11.6 Å². The Morgan fingerprint density at radius 1 is 1.20 bits per heavy atom. The molecule has 0 unspecified atom stereocenters. The molecule has 1 aromatic heterocycles. The Bertz CT molecular complexity index is 598. The summed E-state index contributed by atoms with van der Waals surface area (Å²) in [5.41, 5.74) is 2.69. The molecule has 4 atom stereocenters. The van der Waals surface area contributed by atoms with Crippen LogP contribution in [0.2, 0.25) is 0 Å². The van der Waals surface area contributed by atoms with Crippen LogP contribution in [0.25, 0.3) is 0 Å². The molecular formula is C15H16N2O2S. The van der Waals surface area contributed by atoms with Crippen molar-refractivity contribution < 1.29 is 9.59 Å². The number of imide groups is 1. The quantitative estimate of drug-likeness (QED) is 0.589. The van der Waals surface area contributed by atoms with E-state index >= 15 is 0 Å². The highest BCUT2D eigenvalue weighted by Crippen LogP contribution is 2.60. The van der Waals surface area contributed by atoms with E-state index in [0.29, 0.717) is 5.13 Å². The molecule has 2 heterocycles. The summed E-state index contributed by atoms with van der Waals surface area (Å²) in [5, 5.41) is 2.34. The third-order valence-corrected chi connectivity index (χ3v) is 5.80. The summed E-state index contributed by atoms with van der Waals surface area (Å²) in [6.07, 6.45) is 3.75. The lowest BCUT2D eigenvalue weighted by Gasteiger charge is -2.18. The standard InChI is InChI=1S/C15H16N2O2S/c1-7(2)10-8-3-4-9(10)12-11(8)13(18)17(14(12)19)15-16-5-6-20-15/h5-6,8-9,11-12H,3-4H2,1-2H3/t8-,9+,11-,12-/m1/s1. The fraction of sp³-hybridized carbons (Fsp3) is 0.533. The van der Waals surface area contributed by atoms with Crippen LogP contribution in [0.1, 0.15) is 26.7 Å². The molecule has 0 N–H and O–H groups in total. The zero-order chi connectivity index (χ0) is 14.0. The van der Waals surface area contributed by atoms with Crippen LogP contribution in [-0.4, -0.2) is 16.8 Å². The number of hydrogen-bond donors (Lipinski definition) is 0. The Morgan fingerprint density at radius 3 is 2.25 bits per heavy atom. The third kappa shape index (κ3) is 1.34. The summed E-state index contributed by atoms with van der Waals surface area (Å²) in [7, 11) is 0. The van der Waals surface area contributed by atoms with Crippen molar-refractivity contribution in [1.29, 1.82) is 0 Å². The minimum atomic E-state index is -0.130. The number of carbonyl (C=O) groups excluding carboxylic acids is 2. The van der Waals surface area contributed by atoms with E-state index in [1.165, 1.54) is 27.4 Å². The van der Waals surface area contributed by atoms with Crippen LogP contribution in [0.3, 0.4) is 0 Å². The molecule has 4 nitrogen and oxygen atoms in total. The van der Waals surface area contributed by atoms with Crippen LogP contribution in [0, 0.1) is 23.7 Å². The van der Waals surface area contributed by atoms with Crippen molar-refractivity contribution in [1.82, 2.24) is 4.98 Å². The summed E-state index contributed by atoms with van der Waals surface area (Å²) in [5.74, 6) is 0.264. The van der Waals surface area contributed by atoms with E-state index in [9.17, 15) is 9.59 Å². The molecule has 20 heavy (non-hydrogen) atoms. The van der Waals surface area contributed by atoms with Gasteiger partial charge in [-0.05, 0) is 38.5 Å². The number of carbonyl (C=O) groups is 2. The maximum atomic E-state index is 12.7. The molecule has 5 heteroatoms. The van der Waals surface area contributed by atoms with Crippen LogP contribution < -0.4 is 4.90 Å². The van der Waals surface area contributed by atoms with Gasteiger partial charge in [0.05, 0.1) is 11.8 Å². The van der Waals surface area contributed by atoms with Crippen molar-refractivity contribution in [3.05, 3.63) is 22.7 Å². The summed E-state index contributed by atoms with van der Waals surface area (Å²) < 4.78 is 0. The van der Waals surface area contributed by atoms with E-state index in [1.807, 2.05) is 0 Å². The molecule has 3 fully saturated rings. The zero-order valence-electron chi connectivity index (χ0n) is 11.5. The Balaban J connectivity index is 1.79. The van der Waals surface area contributed by atoms with Crippen molar-refractivity contribution in [2.75, 3.05) is 4.90 Å². The SMILES string of the molecule is CC(C)=C1[C@H]2CC[C@@H]1[C@H]1C(=O)N(c3nccs3)C(=O)[C@@H]12. The zero-order valence-corrected chi connectivity index (χ0v) is 12.3. The van der Waals surface area contributed by atoms with Gasteiger partial charge in [0.1, 0.15) is 0 Å². The van der Waals surface area contributed by atoms with Gasteiger partial charge >= 0.3 is 0 Å². The fourth-order valence-electron chi connectivity index (χ4n) is 4.51. The topological polar surface area (TPSA) is 50.3 Å². The number of aromatic nitrogens is 1. The second kappa shape index (κ2) is 4.01. The van der Waals surface area contributed by atoms with Gasteiger partial charge in [-0.15, -0.1) is 11.3 Å². The number of amides is 2. The molecule has 1 aliphatic heterocycles. The minimum absolute atomic E-state index is 0.0269. The molecular weight excluding hydrogens is 272 g/mol. The lowest BCUT2D eigenvalue weighted by atomic mass is 9.81. The van der Waals surface area contributed by atoms with Crippen molar-refractivity contribution in [3.63, 3.8) is 0 Å². The molecule has 4 rings (SSSR count). The van der Waals surface area contributed by atoms with Gasteiger partial charge in [-0.2, -0.15) is 0 Å². The fourth-order valence-corrected chi connectivity index (χ4v) is 5.16. The highest BCUT2D eigenvalue weighted by Gasteiger charge is 2.63. The molecule has 1 saturated heterocycles. The Morgan fingerprint density at radius 2 is 1.80 bits per heavy atom. The van der Waals surface area contributed by atoms with Gasteiger partial charge < -0.3 is 0 Å². The molecule has 104 valence electrons. The van der Waals surface area contributed by atoms with E-state index < -0.39 is 0 Å². The number of allylic oxidation sites excluding steroid dienone is 2. The van der Waals surface area contributed by atoms with E-state index in [1.54, 1.807) is 11.6 Å². The molecule has 2 bridgehead atoms. The Kier molecular flexibility index (Phi) is 2.46. The van der Waals surface area contributed by atoms with Crippen LogP contribution in [-0.2, 0) is 9.59 Å². The normalized spacial score (nSPS) is 35.1. The van der Waals surface area contributed by atoms with Gasteiger partial charge in [0.15, 0.2) is 5.13 Å². The number of rotatable bonds is 1. The summed E-state index contributed by atoms with van der Waals surface area (Å²) >= 11 is 1.36. The number of fused-ring (bicyclic) bond motifs is 5. The minimum Gasteiger partial charge on any atom is -0.274 e. The number of nitrogens with zero attached hydrogens (tertiary/aromatic N) is 2. The lowest BCUT2D eigenvalue weighted by molar-refractivity contribution is -0.123. The van der Waals surface area contributed by atoms with Crippen LogP contribution in [0.5, 0.6) is 0 Å². The van der Waals surface area contributed by atoms with Crippen molar-refractivity contribution in [2.24, 2.45) is 23.7 Å². The molecule has 2 amide bonds. The van der Waals surface area contributed by atoms with Gasteiger partial charge in [-0.3, -0.25) is 9.59 Å². The van der Waals surface area contributed by atoms with Crippen molar-refractivity contribution in [2.45, 2.75) is 26.7 Å². The first-order valence-corrected chi connectivity index (χ1v) is 7.93. The maximum Gasteiger partial charge on any atom is 0.240 e. The number of thiazole rings is 1. The summed E-state index contributed by atoms with van der Waals surface area (Å²) in [6, 6.07) is 0. The van der Waals surface area contributed by atoms with Crippen molar-refractivity contribution in [3.8, 4) is 0 Å². The second-order valence-electron chi connectivity index (χ2n) is 6.12. The van der Waals surface area contributed by atoms with E-state index in [0.717, 1.165) is 12.8 Å². The molecule has 0 spiro atoms. The predicted molar refractivity (Wildman–Crippen MR) is 76.2 cm³/mol. The van der Waals surface area contributed by atoms with Gasteiger partial charge in [0.25, 0.3) is 0 Å². The van der Waals surface area contributed by atoms with Crippen molar-refractivity contribution >= 4 is 28.3 Å². The smallest absolute Gasteiger partial charge is 0.240 e. The average molecular weight is 288 g/mol. The first-order valence-electron chi connectivity index (χ1n) is 7.06. The van der Waals surface area contributed by atoms with Gasteiger partial charge in [-0.1, -0.05) is 11.1 Å². The number of hydrogen-bond acceptors (Lipinski definition) is 4. The van der Waals surface area contributed by atoms with E-state index in [2.05, 4.69) is 18.8 Å². The Labute approximate surface area is 121 Å². The van der Waals surface area contributed by atoms with E-state index in [-0.39, 0.29) is 35.5 Å². The molecule has 2 aliphatic carbocycles. The first kappa shape index (κ1) is 12.3. The van der Waals surface area contributed by atoms with Gasteiger partial charge in [-0.25, -0.2) is 9.88 Å². The summed E-state index contributed by atoms with van der Waals surface area (Å²) in [4.78, 5) is 30.9. The van der Waals surface area contributed by atoms with Crippen LogP contribution >= 0.6 is 11.3 Å². The number of anilines is 1. The molecule has 1 aromatic rings. The van der Waals surface area contributed by atoms with Crippen LogP contribution in [0.15, 0.2) is 22.7 Å². The molecule has 0 radical (unpaired) electrons. The average Bonchev–Trinajstić information content (AvgIpc) is 3.13. The Hall–Kier alpha value is -1.49. The van der Waals surface area contributed by atoms with E-state index in [4.69, 9.17) is 0 Å².